The molecule has 0 radical (unpaired) electrons. The minimum absolute atomic E-state index is 0.432. The zero-order chi connectivity index (χ0) is 12.1. The number of hydrogen-bond acceptors (Lipinski definition) is 1. The molecule has 1 rings (SSSR count). The van der Waals surface area contributed by atoms with Crippen molar-refractivity contribution in [2.45, 2.75) is 33.2 Å². The largest absolute Gasteiger partial charge is 0.314 e. The molecule has 0 aliphatic carbocycles. The molecule has 1 N–H and O–H groups in total. The fourth-order valence-corrected chi connectivity index (χ4v) is 2.01. The zero-order valence-corrected chi connectivity index (χ0v) is 11.6. The molecule has 16 heavy (non-hydrogen) atoms. The monoisotopic (exact) mass is 259 g/mol. The minimum atomic E-state index is 0.432. The van der Waals surface area contributed by atoms with E-state index < -0.39 is 0 Å². The third-order valence-corrected chi connectivity index (χ3v) is 3.00. The Morgan fingerprint density at radius 2 is 1.88 bits per heavy atom. The summed E-state index contributed by atoms with van der Waals surface area (Å²) in [6.45, 7) is 7.61. The molecule has 1 aromatic rings. The van der Waals surface area contributed by atoms with Crippen LogP contribution in [-0.2, 0) is 6.42 Å². The number of benzene rings is 1. The van der Waals surface area contributed by atoms with Gasteiger partial charge in [0.15, 0.2) is 0 Å². The molecule has 0 heterocycles. The van der Waals surface area contributed by atoms with Crippen molar-refractivity contribution >= 4 is 23.2 Å². The van der Waals surface area contributed by atoms with E-state index in [-0.39, 0.29) is 0 Å². The molecule has 0 bridgehead atoms. The Morgan fingerprint density at radius 1 is 1.19 bits per heavy atom. The van der Waals surface area contributed by atoms with E-state index in [0.717, 1.165) is 23.6 Å². The molecule has 1 nitrogen and oxygen atoms in total. The molecule has 0 saturated heterocycles. The number of halogens is 2. The molecule has 90 valence electrons. The predicted octanol–water partition coefficient (Wildman–Crippen LogP) is 4.17. The Labute approximate surface area is 108 Å². The first kappa shape index (κ1) is 13.8. The third-order valence-electron chi connectivity index (χ3n) is 2.42. The summed E-state index contributed by atoms with van der Waals surface area (Å²) >= 11 is 12.0. The van der Waals surface area contributed by atoms with Gasteiger partial charge in [-0.3, -0.25) is 0 Å². The lowest BCUT2D eigenvalue weighted by Gasteiger charge is -2.16. The van der Waals surface area contributed by atoms with Gasteiger partial charge in [-0.15, -0.1) is 0 Å². The van der Waals surface area contributed by atoms with E-state index in [9.17, 15) is 0 Å². The molecular weight excluding hydrogens is 241 g/mol. The number of rotatable bonds is 5. The van der Waals surface area contributed by atoms with Gasteiger partial charge in [-0.2, -0.15) is 0 Å². The van der Waals surface area contributed by atoms with Crippen molar-refractivity contribution in [3.05, 3.63) is 33.8 Å². The quantitative estimate of drug-likeness (QED) is 0.837. The fourth-order valence-electron chi connectivity index (χ4n) is 1.53. The Bertz CT molecular complexity index is 337. The highest BCUT2D eigenvalue weighted by Gasteiger charge is 2.07. The second-order valence-electron chi connectivity index (χ2n) is 4.64. The Balaban J connectivity index is 2.52. The van der Waals surface area contributed by atoms with Gasteiger partial charge < -0.3 is 5.32 Å². The van der Waals surface area contributed by atoms with Crippen molar-refractivity contribution in [3.63, 3.8) is 0 Å². The smallest absolute Gasteiger partial charge is 0.0453 e. The summed E-state index contributed by atoms with van der Waals surface area (Å²) in [5, 5.41) is 4.93. The molecule has 1 unspecified atom stereocenters. The Hall–Kier alpha value is -0.240. The summed E-state index contributed by atoms with van der Waals surface area (Å²) in [4.78, 5) is 0. The van der Waals surface area contributed by atoms with Crippen LogP contribution in [0.2, 0.25) is 10.0 Å². The lowest BCUT2D eigenvalue weighted by molar-refractivity contribution is 0.482. The van der Waals surface area contributed by atoms with Crippen LogP contribution in [0.25, 0.3) is 0 Å². The second-order valence-corrected chi connectivity index (χ2v) is 5.49. The first-order valence-corrected chi connectivity index (χ1v) is 6.42. The van der Waals surface area contributed by atoms with Crippen LogP contribution in [0.3, 0.4) is 0 Å². The van der Waals surface area contributed by atoms with Crippen LogP contribution in [0.4, 0.5) is 0 Å². The summed E-state index contributed by atoms with van der Waals surface area (Å²) in [5.41, 5.74) is 1.15. The topological polar surface area (TPSA) is 12.0 Å². The van der Waals surface area contributed by atoms with Crippen molar-refractivity contribution in [2.75, 3.05) is 6.54 Å². The summed E-state index contributed by atoms with van der Waals surface area (Å²) in [6.07, 6.45) is 0.933. The molecular formula is C13H19Cl2N. The van der Waals surface area contributed by atoms with Crippen LogP contribution in [0.1, 0.15) is 26.3 Å². The molecule has 3 heteroatoms. The highest BCUT2D eigenvalue weighted by molar-refractivity contribution is 6.35. The van der Waals surface area contributed by atoms with Crippen molar-refractivity contribution in [1.82, 2.24) is 5.32 Å². The van der Waals surface area contributed by atoms with E-state index in [2.05, 4.69) is 26.1 Å². The first-order valence-electron chi connectivity index (χ1n) is 5.66. The predicted molar refractivity (Wildman–Crippen MR) is 72.5 cm³/mol. The molecule has 0 aliphatic rings. The first-order chi connectivity index (χ1) is 7.49. The van der Waals surface area contributed by atoms with Crippen LogP contribution in [0.15, 0.2) is 18.2 Å². The Kier molecular flexibility index (Phi) is 5.60. The minimum Gasteiger partial charge on any atom is -0.314 e. The van der Waals surface area contributed by atoms with Gasteiger partial charge in [0, 0.05) is 16.1 Å². The summed E-state index contributed by atoms with van der Waals surface area (Å²) < 4.78 is 0. The van der Waals surface area contributed by atoms with E-state index in [1.54, 1.807) is 6.07 Å². The van der Waals surface area contributed by atoms with Gasteiger partial charge in [0.25, 0.3) is 0 Å². The second kappa shape index (κ2) is 6.48. The highest BCUT2D eigenvalue weighted by atomic mass is 35.5. The maximum atomic E-state index is 6.12. The molecule has 0 saturated carbocycles. The fraction of sp³-hybridized carbons (Fsp3) is 0.538. The lowest BCUT2D eigenvalue weighted by atomic mass is 10.1. The number of hydrogen-bond donors (Lipinski definition) is 1. The molecule has 0 fully saturated rings. The van der Waals surface area contributed by atoms with Gasteiger partial charge in [-0.25, -0.2) is 0 Å². The van der Waals surface area contributed by atoms with Crippen LogP contribution >= 0.6 is 23.2 Å². The van der Waals surface area contributed by atoms with Crippen LogP contribution in [0.5, 0.6) is 0 Å². The average Bonchev–Trinajstić information content (AvgIpc) is 2.19. The molecule has 0 aliphatic heterocycles. The molecule has 1 atom stereocenters. The standard InChI is InChI=1S/C13H19Cl2N/c1-9(2)8-16-10(3)6-11-4-5-12(14)7-13(11)15/h4-5,7,9-10,16H,6,8H2,1-3H3. The molecule has 1 aromatic carbocycles. The average molecular weight is 260 g/mol. The van der Waals surface area contributed by atoms with Crippen molar-refractivity contribution < 1.29 is 0 Å². The SMILES string of the molecule is CC(C)CNC(C)Cc1ccc(Cl)cc1Cl. The summed E-state index contributed by atoms with van der Waals surface area (Å²) in [7, 11) is 0. The lowest BCUT2D eigenvalue weighted by Crippen LogP contribution is -2.31. The van der Waals surface area contributed by atoms with Gasteiger partial charge in [0.2, 0.25) is 0 Å². The third kappa shape index (κ3) is 4.73. The Morgan fingerprint density at radius 3 is 2.44 bits per heavy atom. The van der Waals surface area contributed by atoms with Crippen molar-refractivity contribution in [2.24, 2.45) is 5.92 Å². The van der Waals surface area contributed by atoms with Gasteiger partial charge in [-0.1, -0.05) is 43.1 Å². The van der Waals surface area contributed by atoms with Crippen LogP contribution in [0, 0.1) is 5.92 Å². The molecule has 0 spiro atoms. The van der Waals surface area contributed by atoms with Crippen LogP contribution < -0.4 is 5.32 Å². The van der Waals surface area contributed by atoms with Crippen molar-refractivity contribution in [3.8, 4) is 0 Å². The molecule has 0 amide bonds. The van der Waals surface area contributed by atoms with Gasteiger partial charge in [0.1, 0.15) is 0 Å². The summed E-state index contributed by atoms with van der Waals surface area (Å²) in [5.74, 6) is 0.670. The summed E-state index contributed by atoms with van der Waals surface area (Å²) in [6, 6.07) is 6.12. The normalized spacial score (nSPS) is 13.1. The maximum absolute atomic E-state index is 6.12. The maximum Gasteiger partial charge on any atom is 0.0453 e. The van der Waals surface area contributed by atoms with Crippen LogP contribution in [-0.4, -0.2) is 12.6 Å². The highest BCUT2D eigenvalue weighted by Crippen LogP contribution is 2.22. The van der Waals surface area contributed by atoms with E-state index in [1.807, 2.05) is 12.1 Å². The molecule has 0 aromatic heterocycles. The van der Waals surface area contributed by atoms with E-state index in [0.29, 0.717) is 17.0 Å². The van der Waals surface area contributed by atoms with Crippen molar-refractivity contribution in [1.29, 1.82) is 0 Å². The van der Waals surface area contributed by atoms with Gasteiger partial charge >= 0.3 is 0 Å². The number of nitrogens with one attached hydrogen (secondary N) is 1. The van der Waals surface area contributed by atoms with E-state index in [1.165, 1.54) is 0 Å². The van der Waals surface area contributed by atoms with Gasteiger partial charge in [0.05, 0.1) is 0 Å². The zero-order valence-electron chi connectivity index (χ0n) is 10.1. The van der Waals surface area contributed by atoms with Gasteiger partial charge in [-0.05, 0) is 43.5 Å². The van der Waals surface area contributed by atoms with E-state index >= 15 is 0 Å². The van der Waals surface area contributed by atoms with E-state index in [4.69, 9.17) is 23.2 Å².